The van der Waals surface area contributed by atoms with Crippen LogP contribution in [0.2, 0.25) is 0 Å². The van der Waals surface area contributed by atoms with E-state index in [-0.39, 0.29) is 11.9 Å². The van der Waals surface area contributed by atoms with Crippen molar-refractivity contribution in [2.45, 2.75) is 19.9 Å². The third-order valence-corrected chi connectivity index (χ3v) is 2.77. The van der Waals surface area contributed by atoms with Crippen LogP contribution in [0.15, 0.2) is 24.3 Å². The molecule has 0 fully saturated rings. The van der Waals surface area contributed by atoms with Crippen molar-refractivity contribution >= 4 is 0 Å². The zero-order chi connectivity index (χ0) is 13.1. The third kappa shape index (κ3) is 2.68. The van der Waals surface area contributed by atoms with E-state index < -0.39 is 0 Å². The Kier molecular flexibility index (Phi) is 3.62. The molecule has 0 spiro atoms. The molecule has 5 heteroatoms. The van der Waals surface area contributed by atoms with Crippen LogP contribution in [0, 0.1) is 12.7 Å². The zero-order valence-electron chi connectivity index (χ0n) is 10.6. The van der Waals surface area contributed by atoms with Crippen LogP contribution in [0.3, 0.4) is 0 Å². The summed E-state index contributed by atoms with van der Waals surface area (Å²) in [6.45, 7) is 3.83. The first-order valence-electron chi connectivity index (χ1n) is 5.76. The van der Waals surface area contributed by atoms with Crippen molar-refractivity contribution in [3.05, 3.63) is 41.3 Å². The normalized spacial score (nSPS) is 12.4. The zero-order valence-corrected chi connectivity index (χ0v) is 10.6. The predicted octanol–water partition coefficient (Wildman–Crippen LogP) is 2.93. The maximum Gasteiger partial charge on any atom is 0.238 e. The van der Waals surface area contributed by atoms with Gasteiger partial charge in [0.05, 0.1) is 0 Å². The minimum absolute atomic E-state index is 0.00395. The molecule has 0 saturated carbocycles. The van der Waals surface area contributed by atoms with Crippen molar-refractivity contribution in [1.29, 1.82) is 0 Å². The van der Waals surface area contributed by atoms with Gasteiger partial charge in [0.25, 0.3) is 0 Å². The van der Waals surface area contributed by atoms with Crippen molar-refractivity contribution in [3.63, 3.8) is 0 Å². The number of rotatable bonds is 4. The number of ether oxygens (including phenoxy) is 1. The van der Waals surface area contributed by atoms with Gasteiger partial charge in [-0.05, 0) is 39.1 Å². The largest absolute Gasteiger partial charge is 0.437 e. The van der Waals surface area contributed by atoms with Crippen molar-refractivity contribution in [3.8, 4) is 11.6 Å². The van der Waals surface area contributed by atoms with Gasteiger partial charge in [0, 0.05) is 23.4 Å². The Hall–Kier alpha value is -1.88. The summed E-state index contributed by atoms with van der Waals surface area (Å²) in [5.74, 6) is 0.797. The molecule has 96 valence electrons. The van der Waals surface area contributed by atoms with Gasteiger partial charge in [-0.2, -0.15) is 0 Å². The molecule has 1 unspecified atom stereocenters. The van der Waals surface area contributed by atoms with Crippen LogP contribution >= 0.6 is 0 Å². The number of nitrogens with zero attached hydrogens (tertiary/aromatic N) is 1. The lowest BCUT2D eigenvalue weighted by Crippen LogP contribution is -2.13. The number of nitrogens with one attached hydrogen (secondary N) is 2. The molecule has 0 bridgehead atoms. The lowest BCUT2D eigenvalue weighted by atomic mass is 10.1. The molecule has 0 aliphatic heterocycles. The maximum atomic E-state index is 13.3. The molecule has 2 rings (SSSR count). The fourth-order valence-electron chi connectivity index (χ4n) is 1.66. The van der Waals surface area contributed by atoms with Crippen molar-refractivity contribution in [2.75, 3.05) is 7.05 Å². The van der Waals surface area contributed by atoms with E-state index in [2.05, 4.69) is 15.5 Å². The molecule has 2 aromatic rings. The number of halogens is 1. The van der Waals surface area contributed by atoms with Gasteiger partial charge >= 0.3 is 0 Å². The van der Waals surface area contributed by atoms with Gasteiger partial charge < -0.3 is 10.1 Å². The van der Waals surface area contributed by atoms with Gasteiger partial charge in [0.15, 0.2) is 0 Å². The van der Waals surface area contributed by atoms with Crippen LogP contribution in [-0.4, -0.2) is 17.2 Å². The number of aromatic amines is 1. The monoisotopic (exact) mass is 249 g/mol. The SMILES string of the molecule is CNC(C)c1cc(F)ccc1Oc1cc(C)[nH]n1. The second-order valence-electron chi connectivity index (χ2n) is 4.18. The van der Waals surface area contributed by atoms with E-state index in [1.54, 1.807) is 12.1 Å². The summed E-state index contributed by atoms with van der Waals surface area (Å²) in [5, 5.41) is 9.86. The molecule has 0 amide bonds. The highest BCUT2D eigenvalue weighted by atomic mass is 19.1. The molecule has 0 saturated heterocycles. The smallest absolute Gasteiger partial charge is 0.238 e. The van der Waals surface area contributed by atoms with Crippen LogP contribution in [0.5, 0.6) is 11.6 Å². The highest BCUT2D eigenvalue weighted by molar-refractivity contribution is 5.38. The van der Waals surface area contributed by atoms with E-state index in [9.17, 15) is 4.39 Å². The molecule has 1 heterocycles. The van der Waals surface area contributed by atoms with Crippen molar-refractivity contribution < 1.29 is 9.13 Å². The summed E-state index contributed by atoms with van der Waals surface area (Å²) in [4.78, 5) is 0. The van der Waals surface area contributed by atoms with Crippen LogP contribution < -0.4 is 10.1 Å². The van der Waals surface area contributed by atoms with E-state index in [1.807, 2.05) is 20.9 Å². The Morgan fingerprint density at radius 3 is 2.78 bits per heavy atom. The summed E-state index contributed by atoms with van der Waals surface area (Å²) in [6, 6.07) is 6.24. The molecule has 1 aromatic carbocycles. The second kappa shape index (κ2) is 5.18. The van der Waals surface area contributed by atoms with Crippen molar-refractivity contribution in [1.82, 2.24) is 15.5 Å². The molecule has 1 atom stereocenters. The predicted molar refractivity (Wildman–Crippen MR) is 67.3 cm³/mol. The minimum Gasteiger partial charge on any atom is -0.437 e. The van der Waals surface area contributed by atoms with E-state index in [4.69, 9.17) is 4.74 Å². The van der Waals surface area contributed by atoms with Gasteiger partial charge in [-0.25, -0.2) is 4.39 Å². The van der Waals surface area contributed by atoms with Gasteiger partial charge in [-0.15, -0.1) is 5.10 Å². The Bertz CT molecular complexity index is 539. The van der Waals surface area contributed by atoms with Crippen LogP contribution in [0.4, 0.5) is 4.39 Å². The van der Waals surface area contributed by atoms with E-state index >= 15 is 0 Å². The molecule has 18 heavy (non-hydrogen) atoms. The highest BCUT2D eigenvalue weighted by Crippen LogP contribution is 2.29. The first-order chi connectivity index (χ1) is 8.60. The number of hydrogen-bond acceptors (Lipinski definition) is 3. The van der Waals surface area contributed by atoms with Crippen LogP contribution in [-0.2, 0) is 0 Å². The Labute approximate surface area is 105 Å². The average Bonchev–Trinajstić information content (AvgIpc) is 2.76. The van der Waals surface area contributed by atoms with E-state index in [0.717, 1.165) is 11.3 Å². The van der Waals surface area contributed by atoms with Crippen LogP contribution in [0.1, 0.15) is 24.2 Å². The van der Waals surface area contributed by atoms with Gasteiger partial charge in [0.2, 0.25) is 5.88 Å². The number of aryl methyl sites for hydroxylation is 1. The highest BCUT2D eigenvalue weighted by Gasteiger charge is 2.13. The fraction of sp³-hybridized carbons (Fsp3) is 0.308. The summed E-state index contributed by atoms with van der Waals surface area (Å²) in [5.41, 5.74) is 1.67. The minimum atomic E-state index is -0.280. The summed E-state index contributed by atoms with van der Waals surface area (Å²) >= 11 is 0. The Morgan fingerprint density at radius 2 is 2.17 bits per heavy atom. The number of H-pyrrole nitrogens is 1. The number of benzene rings is 1. The number of hydrogen-bond donors (Lipinski definition) is 2. The lowest BCUT2D eigenvalue weighted by Gasteiger charge is -2.15. The quantitative estimate of drug-likeness (QED) is 0.876. The van der Waals surface area contributed by atoms with Gasteiger partial charge in [-0.1, -0.05) is 0 Å². The molecule has 1 aromatic heterocycles. The molecule has 0 radical (unpaired) electrons. The Morgan fingerprint density at radius 1 is 1.39 bits per heavy atom. The number of aromatic nitrogens is 2. The summed E-state index contributed by atoms with van der Waals surface area (Å²) < 4.78 is 18.9. The molecule has 4 nitrogen and oxygen atoms in total. The average molecular weight is 249 g/mol. The van der Waals surface area contributed by atoms with Gasteiger partial charge in [0.1, 0.15) is 11.6 Å². The second-order valence-corrected chi connectivity index (χ2v) is 4.18. The standard InChI is InChI=1S/C13H16FN3O/c1-8-6-13(17-16-8)18-12-5-4-10(14)7-11(12)9(2)15-3/h4-7,9,15H,1-3H3,(H,16,17). The first kappa shape index (κ1) is 12.6. The van der Waals surface area contributed by atoms with E-state index in [0.29, 0.717) is 11.6 Å². The topological polar surface area (TPSA) is 49.9 Å². The molecular weight excluding hydrogens is 233 g/mol. The lowest BCUT2D eigenvalue weighted by molar-refractivity contribution is 0.445. The summed E-state index contributed by atoms with van der Waals surface area (Å²) in [7, 11) is 1.82. The summed E-state index contributed by atoms with van der Waals surface area (Å²) in [6.07, 6.45) is 0. The third-order valence-electron chi connectivity index (χ3n) is 2.77. The van der Waals surface area contributed by atoms with Crippen LogP contribution in [0.25, 0.3) is 0 Å². The van der Waals surface area contributed by atoms with Crippen molar-refractivity contribution in [2.24, 2.45) is 0 Å². The first-order valence-corrected chi connectivity index (χ1v) is 5.76. The molecule has 0 aliphatic rings. The van der Waals surface area contributed by atoms with Gasteiger partial charge in [-0.3, -0.25) is 5.10 Å². The fourth-order valence-corrected chi connectivity index (χ4v) is 1.66. The Balaban J connectivity index is 2.31. The molecular formula is C13H16FN3O. The molecule has 0 aliphatic carbocycles. The molecule has 2 N–H and O–H groups in total. The maximum absolute atomic E-state index is 13.3. The van der Waals surface area contributed by atoms with E-state index in [1.165, 1.54) is 12.1 Å².